The Morgan fingerprint density at radius 3 is 2.67 bits per heavy atom. The summed E-state index contributed by atoms with van der Waals surface area (Å²) in [5.41, 5.74) is 2.62. The number of hydrogen-bond acceptors (Lipinski definition) is 3. The van der Waals surface area contributed by atoms with Gasteiger partial charge in [-0.15, -0.1) is 0 Å². The maximum Gasteiger partial charge on any atom is 0.165 e. The van der Waals surface area contributed by atoms with Gasteiger partial charge >= 0.3 is 0 Å². The highest BCUT2D eigenvalue weighted by Crippen LogP contribution is 2.16. The number of carbonyl (C=O) groups is 1. The first kappa shape index (κ1) is 15.7. The lowest BCUT2D eigenvalue weighted by Crippen LogP contribution is -2.22. The average Bonchev–Trinajstić information content (AvgIpc) is 2.45. The van der Waals surface area contributed by atoms with E-state index in [2.05, 4.69) is 9.88 Å². The van der Waals surface area contributed by atoms with Crippen LogP contribution in [-0.4, -0.2) is 29.3 Å². The fourth-order valence-electron chi connectivity index (χ4n) is 2.16. The molecule has 110 valence electrons. The third-order valence-electron chi connectivity index (χ3n) is 3.27. The molecule has 0 aliphatic heterocycles. The smallest absolute Gasteiger partial charge is 0.165 e. The molecule has 21 heavy (non-hydrogen) atoms. The Morgan fingerprint density at radius 2 is 1.95 bits per heavy atom. The van der Waals surface area contributed by atoms with Crippen LogP contribution in [0, 0.1) is 6.92 Å². The first-order valence-corrected chi connectivity index (χ1v) is 7.33. The topological polar surface area (TPSA) is 33.2 Å². The monoisotopic (exact) mass is 302 g/mol. The summed E-state index contributed by atoms with van der Waals surface area (Å²) in [5, 5.41) is 0.519. The summed E-state index contributed by atoms with van der Waals surface area (Å²) < 4.78 is 0. The zero-order chi connectivity index (χ0) is 15.2. The molecule has 0 aliphatic carbocycles. The number of rotatable bonds is 6. The lowest BCUT2D eigenvalue weighted by Gasteiger charge is -2.16. The predicted molar refractivity (Wildman–Crippen MR) is 85.7 cm³/mol. The minimum atomic E-state index is 0.0738. The van der Waals surface area contributed by atoms with Gasteiger partial charge in [0.25, 0.3) is 0 Å². The quantitative estimate of drug-likeness (QED) is 0.762. The molecule has 0 amide bonds. The lowest BCUT2D eigenvalue weighted by atomic mass is 10.1. The van der Waals surface area contributed by atoms with Gasteiger partial charge < -0.3 is 4.90 Å². The van der Waals surface area contributed by atoms with Gasteiger partial charge in [0, 0.05) is 30.8 Å². The molecule has 1 heterocycles. The van der Waals surface area contributed by atoms with Crippen molar-refractivity contribution in [1.29, 1.82) is 0 Å². The van der Waals surface area contributed by atoms with Crippen molar-refractivity contribution in [2.24, 2.45) is 0 Å². The normalized spacial score (nSPS) is 10.9. The van der Waals surface area contributed by atoms with E-state index in [4.69, 9.17) is 11.6 Å². The van der Waals surface area contributed by atoms with Crippen molar-refractivity contribution in [2.45, 2.75) is 19.9 Å². The second-order valence-corrected chi connectivity index (χ2v) is 5.57. The Balaban J connectivity index is 1.88. The molecule has 3 nitrogen and oxygen atoms in total. The van der Waals surface area contributed by atoms with E-state index >= 15 is 0 Å². The molecule has 0 unspecified atom stereocenters. The minimum absolute atomic E-state index is 0.0738. The van der Waals surface area contributed by atoms with Crippen molar-refractivity contribution in [3.63, 3.8) is 0 Å². The molecule has 0 spiro atoms. The number of nitrogens with zero attached hydrogens (tertiary/aromatic N) is 2. The molecule has 0 saturated heterocycles. The van der Waals surface area contributed by atoms with Crippen LogP contribution in [0.2, 0.25) is 5.02 Å². The van der Waals surface area contributed by atoms with Gasteiger partial charge in [-0.1, -0.05) is 29.8 Å². The SMILES string of the molecule is Cc1cccc(CN(C)CCC(=O)c2ccccc2Cl)n1. The van der Waals surface area contributed by atoms with E-state index in [1.807, 2.05) is 44.3 Å². The number of halogens is 1. The highest BCUT2D eigenvalue weighted by Gasteiger charge is 2.11. The minimum Gasteiger partial charge on any atom is -0.300 e. The number of pyridine rings is 1. The molecule has 1 aromatic heterocycles. The highest BCUT2D eigenvalue weighted by atomic mass is 35.5. The summed E-state index contributed by atoms with van der Waals surface area (Å²) in [6.45, 7) is 3.39. The van der Waals surface area contributed by atoms with E-state index < -0.39 is 0 Å². The summed E-state index contributed by atoms with van der Waals surface area (Å²) in [4.78, 5) is 18.7. The largest absolute Gasteiger partial charge is 0.300 e. The summed E-state index contributed by atoms with van der Waals surface area (Å²) >= 11 is 6.04. The van der Waals surface area contributed by atoms with E-state index in [9.17, 15) is 4.79 Å². The van der Waals surface area contributed by atoms with E-state index in [0.29, 0.717) is 23.6 Å². The van der Waals surface area contributed by atoms with Crippen LogP contribution in [0.1, 0.15) is 28.2 Å². The number of hydrogen-bond donors (Lipinski definition) is 0. The van der Waals surface area contributed by atoms with E-state index in [-0.39, 0.29) is 5.78 Å². The second-order valence-electron chi connectivity index (χ2n) is 5.16. The molecule has 0 N–H and O–H groups in total. The van der Waals surface area contributed by atoms with Crippen LogP contribution in [0.3, 0.4) is 0 Å². The van der Waals surface area contributed by atoms with E-state index in [1.54, 1.807) is 12.1 Å². The molecule has 2 aromatic rings. The number of aryl methyl sites for hydroxylation is 1. The van der Waals surface area contributed by atoms with Gasteiger partial charge in [-0.3, -0.25) is 9.78 Å². The number of benzene rings is 1. The van der Waals surface area contributed by atoms with Crippen LogP contribution >= 0.6 is 11.6 Å². The Bertz CT molecular complexity index is 628. The Labute approximate surface area is 130 Å². The zero-order valence-corrected chi connectivity index (χ0v) is 13.1. The third kappa shape index (κ3) is 4.66. The molecule has 1 aromatic carbocycles. The molecule has 0 radical (unpaired) electrons. The van der Waals surface area contributed by atoms with Crippen molar-refractivity contribution < 1.29 is 4.79 Å². The third-order valence-corrected chi connectivity index (χ3v) is 3.60. The Hall–Kier alpha value is -1.71. The number of ketones is 1. The molecule has 4 heteroatoms. The van der Waals surface area contributed by atoms with E-state index in [1.165, 1.54) is 0 Å². The summed E-state index contributed by atoms with van der Waals surface area (Å²) in [6.07, 6.45) is 0.450. The second kappa shape index (κ2) is 7.34. The number of Topliss-reactive ketones (excluding diaryl/α,β-unsaturated/α-hetero) is 1. The molecule has 0 fully saturated rings. The van der Waals surface area contributed by atoms with Crippen molar-refractivity contribution in [2.75, 3.05) is 13.6 Å². The van der Waals surface area contributed by atoms with Gasteiger partial charge in [-0.2, -0.15) is 0 Å². The fourth-order valence-corrected chi connectivity index (χ4v) is 2.40. The van der Waals surface area contributed by atoms with Crippen LogP contribution in [0.15, 0.2) is 42.5 Å². The highest BCUT2D eigenvalue weighted by molar-refractivity contribution is 6.33. The first-order valence-electron chi connectivity index (χ1n) is 6.95. The van der Waals surface area contributed by atoms with E-state index in [0.717, 1.165) is 17.9 Å². The van der Waals surface area contributed by atoms with Crippen LogP contribution in [0.4, 0.5) is 0 Å². The molecule has 0 saturated carbocycles. The van der Waals surface area contributed by atoms with Crippen LogP contribution in [0.5, 0.6) is 0 Å². The summed E-state index contributed by atoms with van der Waals surface area (Å²) in [7, 11) is 1.99. The number of aromatic nitrogens is 1. The van der Waals surface area contributed by atoms with Crippen molar-refractivity contribution in [1.82, 2.24) is 9.88 Å². The molecule has 0 atom stereocenters. The van der Waals surface area contributed by atoms with Crippen molar-refractivity contribution in [3.8, 4) is 0 Å². The van der Waals surface area contributed by atoms with Gasteiger partial charge in [-0.05, 0) is 38.2 Å². The van der Waals surface area contributed by atoms with Crippen LogP contribution in [0.25, 0.3) is 0 Å². The fraction of sp³-hybridized carbons (Fsp3) is 0.294. The average molecular weight is 303 g/mol. The standard InChI is InChI=1S/C17H19ClN2O/c1-13-6-5-7-14(19-13)12-20(2)11-10-17(21)15-8-3-4-9-16(15)18/h3-9H,10-12H2,1-2H3. The van der Waals surface area contributed by atoms with Crippen molar-refractivity contribution in [3.05, 3.63) is 64.4 Å². The Morgan fingerprint density at radius 1 is 1.19 bits per heavy atom. The van der Waals surface area contributed by atoms with Gasteiger partial charge in [0.15, 0.2) is 5.78 Å². The summed E-state index contributed by atoms with van der Waals surface area (Å²) in [5.74, 6) is 0.0738. The van der Waals surface area contributed by atoms with Crippen LogP contribution < -0.4 is 0 Å². The van der Waals surface area contributed by atoms with Gasteiger partial charge in [-0.25, -0.2) is 0 Å². The van der Waals surface area contributed by atoms with Crippen molar-refractivity contribution >= 4 is 17.4 Å². The van der Waals surface area contributed by atoms with Gasteiger partial charge in [0.1, 0.15) is 0 Å². The van der Waals surface area contributed by atoms with Gasteiger partial charge in [0.2, 0.25) is 0 Å². The maximum atomic E-state index is 12.1. The molecule has 0 bridgehead atoms. The predicted octanol–water partition coefficient (Wildman–Crippen LogP) is 3.75. The molecular weight excluding hydrogens is 284 g/mol. The molecular formula is C17H19ClN2O. The Kier molecular flexibility index (Phi) is 5.48. The van der Waals surface area contributed by atoms with Gasteiger partial charge in [0.05, 0.1) is 10.7 Å². The zero-order valence-electron chi connectivity index (χ0n) is 12.3. The number of carbonyl (C=O) groups excluding carboxylic acids is 1. The first-order chi connectivity index (χ1) is 10.1. The maximum absolute atomic E-state index is 12.1. The van der Waals surface area contributed by atoms with Crippen LogP contribution in [-0.2, 0) is 6.54 Å². The molecule has 2 rings (SSSR count). The molecule has 0 aliphatic rings. The lowest BCUT2D eigenvalue weighted by molar-refractivity contribution is 0.0967. The summed E-state index contributed by atoms with van der Waals surface area (Å²) in [6, 6.07) is 13.2.